The van der Waals surface area contributed by atoms with Gasteiger partial charge < -0.3 is 4.84 Å². The summed E-state index contributed by atoms with van der Waals surface area (Å²) < 4.78 is 66.4. The zero-order chi connectivity index (χ0) is 18.5. The molecule has 0 radical (unpaired) electrons. The summed E-state index contributed by atoms with van der Waals surface area (Å²) >= 11 is 0. The number of nitrogens with zero attached hydrogens (tertiary/aromatic N) is 1. The normalized spacial score (nSPS) is 13.2. The third-order valence-electron chi connectivity index (χ3n) is 3.34. The fourth-order valence-corrected chi connectivity index (χ4v) is 2.16. The fraction of sp³-hybridized carbons (Fsp3) is 0. The van der Waals surface area contributed by atoms with E-state index in [2.05, 4.69) is 4.84 Å². The third kappa shape index (κ3) is 2.33. The predicted octanol–water partition coefficient (Wildman–Crippen LogP) is 2.75. The molecule has 2 aromatic rings. The second-order valence-corrected chi connectivity index (χ2v) is 4.77. The van der Waals surface area contributed by atoms with Gasteiger partial charge in [-0.25, -0.2) is 26.7 Å². The van der Waals surface area contributed by atoms with Crippen LogP contribution in [0.3, 0.4) is 0 Å². The highest BCUT2D eigenvalue weighted by molar-refractivity contribution is 6.21. The van der Waals surface area contributed by atoms with E-state index in [1.807, 2.05) is 0 Å². The van der Waals surface area contributed by atoms with E-state index in [1.165, 1.54) is 24.3 Å². The zero-order valence-corrected chi connectivity index (χ0v) is 11.8. The number of rotatable bonds is 2. The number of carbonyl (C=O) groups excluding carboxylic acids is 3. The minimum Gasteiger partial charge on any atom is -0.324 e. The number of hydroxylamine groups is 2. The molecular weight excluding hydrogens is 353 g/mol. The summed E-state index contributed by atoms with van der Waals surface area (Å²) in [7, 11) is 0. The average molecular weight is 357 g/mol. The smallest absolute Gasteiger partial charge is 0.324 e. The van der Waals surface area contributed by atoms with Gasteiger partial charge in [-0.3, -0.25) is 9.59 Å². The first-order chi connectivity index (χ1) is 11.8. The summed E-state index contributed by atoms with van der Waals surface area (Å²) in [5.41, 5.74) is -2.23. The topological polar surface area (TPSA) is 63.7 Å². The standard InChI is InChI=1S/C15H4F5NO4/c16-8-7(9(17)11(19)12(20)10(8)18)15(24)25-21-13(22)5-3-1-2-4-6(5)14(21)23/h1-4H. The van der Waals surface area contributed by atoms with Crippen molar-refractivity contribution in [1.82, 2.24) is 5.06 Å². The van der Waals surface area contributed by atoms with Gasteiger partial charge in [0.15, 0.2) is 23.3 Å². The van der Waals surface area contributed by atoms with Gasteiger partial charge in [0.25, 0.3) is 11.8 Å². The molecule has 0 saturated carbocycles. The highest BCUT2D eigenvalue weighted by Gasteiger charge is 2.40. The van der Waals surface area contributed by atoms with Crippen molar-refractivity contribution in [3.63, 3.8) is 0 Å². The van der Waals surface area contributed by atoms with Gasteiger partial charge in [0, 0.05) is 0 Å². The Balaban J connectivity index is 1.98. The number of imide groups is 1. The van der Waals surface area contributed by atoms with Crippen LogP contribution in [-0.2, 0) is 4.84 Å². The number of hydrogen-bond donors (Lipinski definition) is 0. The summed E-state index contributed by atoms with van der Waals surface area (Å²) in [6, 6.07) is 5.25. The average Bonchev–Trinajstić information content (AvgIpc) is 2.84. The highest BCUT2D eigenvalue weighted by atomic mass is 19.2. The molecule has 2 amide bonds. The molecule has 5 nitrogen and oxygen atoms in total. The van der Waals surface area contributed by atoms with Crippen LogP contribution in [0.15, 0.2) is 24.3 Å². The molecule has 25 heavy (non-hydrogen) atoms. The lowest BCUT2D eigenvalue weighted by atomic mass is 10.1. The van der Waals surface area contributed by atoms with Crippen LogP contribution in [-0.4, -0.2) is 22.8 Å². The number of amides is 2. The molecule has 1 aliphatic rings. The maximum absolute atomic E-state index is 13.6. The van der Waals surface area contributed by atoms with Crippen molar-refractivity contribution in [2.45, 2.75) is 0 Å². The molecule has 2 aromatic carbocycles. The summed E-state index contributed by atoms with van der Waals surface area (Å²) in [5, 5.41) is -0.120. The summed E-state index contributed by atoms with van der Waals surface area (Å²) in [5.74, 6) is -16.4. The highest BCUT2D eigenvalue weighted by Crippen LogP contribution is 2.26. The van der Waals surface area contributed by atoms with Crippen molar-refractivity contribution in [3.8, 4) is 0 Å². The van der Waals surface area contributed by atoms with E-state index < -0.39 is 52.4 Å². The van der Waals surface area contributed by atoms with Gasteiger partial charge in [-0.2, -0.15) is 0 Å². The molecule has 128 valence electrons. The van der Waals surface area contributed by atoms with Crippen molar-refractivity contribution < 1.29 is 41.2 Å². The number of fused-ring (bicyclic) bond motifs is 1. The molecule has 0 aromatic heterocycles. The summed E-state index contributed by atoms with van der Waals surface area (Å²) in [6.07, 6.45) is 0. The molecule has 0 spiro atoms. The molecule has 10 heteroatoms. The third-order valence-corrected chi connectivity index (χ3v) is 3.34. The summed E-state index contributed by atoms with van der Waals surface area (Å²) in [4.78, 5) is 40.0. The molecule has 1 aliphatic heterocycles. The maximum Gasteiger partial charge on any atom is 0.370 e. The zero-order valence-electron chi connectivity index (χ0n) is 11.8. The second kappa shape index (κ2) is 5.65. The van der Waals surface area contributed by atoms with Gasteiger partial charge in [-0.1, -0.05) is 17.2 Å². The van der Waals surface area contributed by atoms with Crippen molar-refractivity contribution in [2.75, 3.05) is 0 Å². The van der Waals surface area contributed by atoms with Crippen LogP contribution in [0.1, 0.15) is 31.1 Å². The first kappa shape index (κ1) is 16.6. The molecular formula is C15H4F5NO4. The first-order valence-corrected chi connectivity index (χ1v) is 6.47. The van der Waals surface area contributed by atoms with Gasteiger partial charge in [0.2, 0.25) is 5.82 Å². The van der Waals surface area contributed by atoms with Crippen LogP contribution in [0.2, 0.25) is 0 Å². The quantitative estimate of drug-likeness (QED) is 0.359. The Morgan fingerprint density at radius 2 is 1.16 bits per heavy atom. The van der Waals surface area contributed by atoms with Crippen LogP contribution in [0.4, 0.5) is 22.0 Å². The monoisotopic (exact) mass is 357 g/mol. The number of carbonyl (C=O) groups is 3. The van der Waals surface area contributed by atoms with E-state index in [-0.39, 0.29) is 16.2 Å². The Hall–Kier alpha value is -3.30. The molecule has 0 aliphatic carbocycles. The van der Waals surface area contributed by atoms with E-state index in [0.717, 1.165) is 0 Å². The molecule has 0 N–H and O–H groups in total. The number of halogens is 5. The van der Waals surface area contributed by atoms with Crippen molar-refractivity contribution in [1.29, 1.82) is 0 Å². The van der Waals surface area contributed by atoms with Crippen LogP contribution in [0.25, 0.3) is 0 Å². The molecule has 1 heterocycles. The van der Waals surface area contributed by atoms with Crippen LogP contribution in [0, 0.1) is 29.1 Å². The molecule has 0 bridgehead atoms. The number of hydrogen-bond acceptors (Lipinski definition) is 4. The number of benzene rings is 2. The molecule has 0 fully saturated rings. The van der Waals surface area contributed by atoms with E-state index >= 15 is 0 Å². The second-order valence-electron chi connectivity index (χ2n) is 4.77. The van der Waals surface area contributed by atoms with Crippen molar-refractivity contribution in [2.24, 2.45) is 0 Å². The molecule has 0 unspecified atom stereocenters. The molecule has 0 atom stereocenters. The van der Waals surface area contributed by atoms with Gasteiger partial charge >= 0.3 is 5.97 Å². The Morgan fingerprint density at radius 1 is 0.760 bits per heavy atom. The largest absolute Gasteiger partial charge is 0.370 e. The lowest BCUT2D eigenvalue weighted by Crippen LogP contribution is -2.33. The fourth-order valence-electron chi connectivity index (χ4n) is 2.16. The Labute approximate surface area is 135 Å². The van der Waals surface area contributed by atoms with Gasteiger partial charge in [-0.05, 0) is 12.1 Å². The molecule has 3 rings (SSSR count). The Morgan fingerprint density at radius 3 is 1.60 bits per heavy atom. The van der Waals surface area contributed by atoms with Gasteiger partial charge in [0.1, 0.15) is 5.56 Å². The van der Waals surface area contributed by atoms with Crippen LogP contribution in [0.5, 0.6) is 0 Å². The summed E-state index contributed by atoms with van der Waals surface area (Å²) in [6.45, 7) is 0. The van der Waals surface area contributed by atoms with Gasteiger partial charge in [0.05, 0.1) is 11.1 Å². The predicted molar refractivity (Wildman–Crippen MR) is 68.6 cm³/mol. The van der Waals surface area contributed by atoms with E-state index in [9.17, 15) is 36.3 Å². The van der Waals surface area contributed by atoms with Gasteiger partial charge in [-0.15, -0.1) is 0 Å². The Kier molecular flexibility index (Phi) is 3.74. The van der Waals surface area contributed by atoms with Crippen LogP contribution < -0.4 is 0 Å². The first-order valence-electron chi connectivity index (χ1n) is 6.47. The van der Waals surface area contributed by atoms with E-state index in [0.29, 0.717) is 0 Å². The maximum atomic E-state index is 13.6. The molecule has 0 saturated heterocycles. The lowest BCUT2D eigenvalue weighted by molar-refractivity contribution is -0.0592. The van der Waals surface area contributed by atoms with Crippen molar-refractivity contribution >= 4 is 17.8 Å². The van der Waals surface area contributed by atoms with Crippen molar-refractivity contribution in [3.05, 3.63) is 70.0 Å². The van der Waals surface area contributed by atoms with E-state index in [1.54, 1.807) is 0 Å². The Bertz CT molecular complexity index is 895. The van der Waals surface area contributed by atoms with Crippen LogP contribution >= 0.6 is 0 Å². The SMILES string of the molecule is O=C(ON1C(=O)c2ccccc2C1=O)c1c(F)c(F)c(F)c(F)c1F. The van der Waals surface area contributed by atoms with E-state index in [4.69, 9.17) is 0 Å². The minimum atomic E-state index is -2.47. The lowest BCUT2D eigenvalue weighted by Gasteiger charge is -2.13. The minimum absolute atomic E-state index is 0.120.